The van der Waals surface area contributed by atoms with Crippen LogP contribution in [0.15, 0.2) is 53.4 Å². The van der Waals surface area contributed by atoms with Crippen molar-refractivity contribution in [3.63, 3.8) is 0 Å². The lowest BCUT2D eigenvalue weighted by Crippen LogP contribution is -3.13. The standard InChI is InChI=1S/C20H24FN3O3S/c1-14(16-4-10-19(11-5-16)28(22,26)27)23-20(25)13-24(18-8-9-18)12-15-2-6-17(21)7-3-15/h2-7,10-11,14,18H,8-9,12-13H2,1H3,(H,23,25)(H2,22,26,27)/p+1/t14-/m0/s1. The lowest BCUT2D eigenvalue weighted by Gasteiger charge is -2.21. The third kappa shape index (κ3) is 5.60. The summed E-state index contributed by atoms with van der Waals surface area (Å²) in [6.07, 6.45) is 2.18. The fourth-order valence-electron chi connectivity index (χ4n) is 3.24. The van der Waals surface area contributed by atoms with Crippen LogP contribution in [0.1, 0.15) is 36.9 Å². The summed E-state index contributed by atoms with van der Waals surface area (Å²) in [7, 11) is -3.73. The van der Waals surface area contributed by atoms with Crippen molar-refractivity contribution in [2.45, 2.75) is 43.3 Å². The van der Waals surface area contributed by atoms with Gasteiger partial charge in [0.25, 0.3) is 5.91 Å². The van der Waals surface area contributed by atoms with E-state index in [4.69, 9.17) is 5.14 Å². The molecule has 8 heteroatoms. The minimum absolute atomic E-state index is 0.0402. The fraction of sp³-hybridized carbons (Fsp3) is 0.350. The van der Waals surface area contributed by atoms with Crippen LogP contribution in [0.25, 0.3) is 0 Å². The van der Waals surface area contributed by atoms with E-state index < -0.39 is 10.0 Å². The molecule has 3 rings (SSSR count). The molecule has 1 saturated carbocycles. The van der Waals surface area contributed by atoms with Crippen molar-refractivity contribution in [2.24, 2.45) is 5.14 Å². The minimum atomic E-state index is -3.73. The van der Waals surface area contributed by atoms with Crippen LogP contribution in [-0.4, -0.2) is 26.9 Å². The molecule has 0 aromatic heterocycles. The Morgan fingerprint density at radius 3 is 2.32 bits per heavy atom. The van der Waals surface area contributed by atoms with Gasteiger partial charge in [0.2, 0.25) is 10.0 Å². The van der Waals surface area contributed by atoms with Gasteiger partial charge >= 0.3 is 0 Å². The number of halogens is 1. The molecule has 0 spiro atoms. The maximum atomic E-state index is 13.1. The van der Waals surface area contributed by atoms with E-state index in [9.17, 15) is 17.6 Å². The van der Waals surface area contributed by atoms with Gasteiger partial charge in [-0.25, -0.2) is 17.9 Å². The molecule has 0 saturated heterocycles. The Hall–Kier alpha value is -2.29. The van der Waals surface area contributed by atoms with Crippen LogP contribution in [0.2, 0.25) is 0 Å². The summed E-state index contributed by atoms with van der Waals surface area (Å²) in [4.78, 5) is 13.7. The normalized spacial score (nSPS) is 16.4. The number of amides is 1. The van der Waals surface area contributed by atoms with E-state index in [2.05, 4.69) is 5.32 Å². The molecule has 28 heavy (non-hydrogen) atoms. The van der Waals surface area contributed by atoms with E-state index in [1.807, 2.05) is 6.92 Å². The lowest BCUT2D eigenvalue weighted by molar-refractivity contribution is -0.917. The highest BCUT2D eigenvalue weighted by Gasteiger charge is 2.34. The van der Waals surface area contributed by atoms with E-state index >= 15 is 0 Å². The minimum Gasteiger partial charge on any atom is -0.345 e. The first-order valence-corrected chi connectivity index (χ1v) is 10.8. The van der Waals surface area contributed by atoms with Crippen molar-refractivity contribution >= 4 is 15.9 Å². The van der Waals surface area contributed by atoms with Gasteiger partial charge in [-0.05, 0) is 36.8 Å². The van der Waals surface area contributed by atoms with Gasteiger partial charge in [0, 0.05) is 18.4 Å². The Morgan fingerprint density at radius 2 is 1.79 bits per heavy atom. The Bertz CT molecular complexity index is 926. The highest BCUT2D eigenvalue weighted by atomic mass is 32.2. The van der Waals surface area contributed by atoms with Crippen molar-refractivity contribution in [2.75, 3.05) is 6.54 Å². The average Bonchev–Trinajstić information content (AvgIpc) is 3.47. The number of hydrogen-bond acceptors (Lipinski definition) is 3. The van der Waals surface area contributed by atoms with Crippen LogP contribution in [0.3, 0.4) is 0 Å². The van der Waals surface area contributed by atoms with Gasteiger partial charge in [-0.3, -0.25) is 4.79 Å². The quantitative estimate of drug-likeness (QED) is 0.608. The number of carbonyl (C=O) groups excluding carboxylic acids is 1. The SMILES string of the molecule is C[C@H](NC(=O)C[NH+](Cc1ccc(F)cc1)C1CC1)c1ccc(S(N)(=O)=O)cc1. The molecule has 0 aliphatic heterocycles. The topological polar surface area (TPSA) is 93.7 Å². The van der Waals surface area contributed by atoms with Gasteiger partial charge in [-0.2, -0.15) is 0 Å². The highest BCUT2D eigenvalue weighted by Crippen LogP contribution is 2.17. The van der Waals surface area contributed by atoms with Crippen molar-refractivity contribution in [1.82, 2.24) is 5.32 Å². The van der Waals surface area contributed by atoms with Crippen LogP contribution in [0, 0.1) is 5.82 Å². The summed E-state index contributed by atoms with van der Waals surface area (Å²) in [6.45, 7) is 2.86. The van der Waals surface area contributed by atoms with Crippen molar-refractivity contribution < 1.29 is 22.5 Å². The molecule has 1 unspecified atom stereocenters. The van der Waals surface area contributed by atoms with Gasteiger partial charge in [0.15, 0.2) is 6.54 Å². The summed E-state index contributed by atoms with van der Waals surface area (Å²) in [5.74, 6) is -0.344. The maximum Gasteiger partial charge on any atom is 0.275 e. The van der Waals surface area contributed by atoms with E-state index in [1.54, 1.807) is 24.3 Å². The Morgan fingerprint density at radius 1 is 1.18 bits per heavy atom. The van der Waals surface area contributed by atoms with Gasteiger partial charge in [-0.15, -0.1) is 0 Å². The summed E-state index contributed by atoms with van der Waals surface area (Å²) in [5, 5.41) is 8.07. The Kier molecular flexibility index (Phi) is 6.12. The number of rotatable bonds is 8. The molecular weight excluding hydrogens is 381 g/mol. The molecule has 0 radical (unpaired) electrons. The molecular formula is C20H25FN3O3S+. The summed E-state index contributed by atoms with van der Waals surface area (Å²) in [6, 6.07) is 12.8. The highest BCUT2D eigenvalue weighted by molar-refractivity contribution is 7.89. The molecule has 4 N–H and O–H groups in total. The third-order valence-corrected chi connectivity index (χ3v) is 5.90. The van der Waals surface area contributed by atoms with Crippen molar-refractivity contribution in [1.29, 1.82) is 0 Å². The zero-order valence-corrected chi connectivity index (χ0v) is 16.5. The molecule has 1 aliphatic rings. The van der Waals surface area contributed by atoms with Crippen LogP contribution < -0.4 is 15.4 Å². The second kappa shape index (κ2) is 8.38. The molecule has 0 heterocycles. The van der Waals surface area contributed by atoms with Crippen LogP contribution in [-0.2, 0) is 21.4 Å². The van der Waals surface area contributed by atoms with Gasteiger partial charge in [0.1, 0.15) is 12.4 Å². The van der Waals surface area contributed by atoms with Gasteiger partial charge in [0.05, 0.1) is 17.0 Å². The lowest BCUT2D eigenvalue weighted by atomic mass is 10.1. The van der Waals surface area contributed by atoms with E-state index in [-0.39, 0.29) is 22.7 Å². The Balaban J connectivity index is 1.59. The van der Waals surface area contributed by atoms with Crippen LogP contribution in [0.5, 0.6) is 0 Å². The predicted octanol–water partition coefficient (Wildman–Crippen LogP) is 0.898. The molecule has 1 fully saturated rings. The first-order chi connectivity index (χ1) is 13.2. The molecule has 6 nitrogen and oxygen atoms in total. The summed E-state index contributed by atoms with van der Waals surface area (Å²) in [5.41, 5.74) is 1.80. The summed E-state index contributed by atoms with van der Waals surface area (Å²) < 4.78 is 35.8. The predicted molar refractivity (Wildman–Crippen MR) is 103 cm³/mol. The number of nitrogens with two attached hydrogens (primary N) is 1. The molecule has 2 atom stereocenters. The Labute approximate surface area is 164 Å². The van der Waals surface area contributed by atoms with E-state index in [0.717, 1.165) is 24.0 Å². The average molecular weight is 407 g/mol. The number of nitrogens with one attached hydrogen (secondary N) is 2. The molecule has 1 aliphatic carbocycles. The van der Waals surface area contributed by atoms with Crippen molar-refractivity contribution in [3.8, 4) is 0 Å². The number of hydrogen-bond donors (Lipinski definition) is 3. The molecule has 150 valence electrons. The summed E-state index contributed by atoms with van der Waals surface area (Å²) >= 11 is 0. The molecule has 2 aromatic rings. The fourth-order valence-corrected chi connectivity index (χ4v) is 3.75. The number of benzene rings is 2. The largest absolute Gasteiger partial charge is 0.345 e. The van der Waals surface area contributed by atoms with Crippen molar-refractivity contribution in [3.05, 3.63) is 65.5 Å². The zero-order valence-electron chi connectivity index (χ0n) is 15.7. The number of primary sulfonamides is 1. The number of carbonyl (C=O) groups is 1. The smallest absolute Gasteiger partial charge is 0.275 e. The molecule has 2 aromatic carbocycles. The first kappa shape index (κ1) is 20.4. The molecule has 0 bridgehead atoms. The second-order valence-electron chi connectivity index (χ2n) is 7.32. The number of quaternary nitrogens is 1. The van der Waals surface area contributed by atoms with Gasteiger partial charge in [-0.1, -0.05) is 24.3 Å². The van der Waals surface area contributed by atoms with Crippen LogP contribution >= 0.6 is 0 Å². The second-order valence-corrected chi connectivity index (χ2v) is 8.88. The van der Waals surface area contributed by atoms with E-state index in [0.29, 0.717) is 19.1 Å². The van der Waals surface area contributed by atoms with E-state index in [1.165, 1.54) is 29.2 Å². The zero-order chi connectivity index (χ0) is 20.3. The van der Waals surface area contributed by atoms with Crippen LogP contribution in [0.4, 0.5) is 4.39 Å². The third-order valence-electron chi connectivity index (χ3n) is 4.97. The number of sulfonamides is 1. The maximum absolute atomic E-state index is 13.1. The first-order valence-electron chi connectivity index (χ1n) is 9.23. The van der Waals surface area contributed by atoms with Gasteiger partial charge < -0.3 is 10.2 Å². The molecule has 1 amide bonds. The monoisotopic (exact) mass is 406 g/mol.